The van der Waals surface area contributed by atoms with Crippen LogP contribution in [0, 0.1) is 0 Å². The number of rotatable bonds is 10. The molecule has 6 heteroatoms. The van der Waals surface area contributed by atoms with E-state index < -0.39 is 0 Å². The van der Waals surface area contributed by atoms with Gasteiger partial charge in [-0.05, 0) is 64.7 Å². The minimum Gasteiger partial charge on any atom is -0.457 e. The minimum atomic E-state index is -0.201. The molecule has 0 saturated heterocycles. The fourth-order valence-electron chi connectivity index (χ4n) is 5.80. The van der Waals surface area contributed by atoms with Crippen molar-refractivity contribution in [1.29, 1.82) is 0 Å². The molecule has 7 rings (SSSR count). The largest absolute Gasteiger partial charge is 0.457 e. The summed E-state index contributed by atoms with van der Waals surface area (Å²) in [5.41, 5.74) is 5.42. The molecular weight excluding hydrogens is 548 g/mol. The quantitative estimate of drug-likeness (QED) is 0.178. The second-order valence-electron chi connectivity index (χ2n) is 10.9. The van der Waals surface area contributed by atoms with Crippen molar-refractivity contribution in [3.05, 3.63) is 156 Å². The zero-order valence-electron chi connectivity index (χ0n) is 24.2. The predicted molar refractivity (Wildman–Crippen MR) is 171 cm³/mol. The number of carbonyl (C=O) groups is 1. The number of nitrogens with one attached hydrogen (secondary N) is 1. The highest BCUT2D eigenvalue weighted by Gasteiger charge is 2.24. The normalized spacial score (nSPS) is 12.6. The van der Waals surface area contributed by atoms with Gasteiger partial charge in [0, 0.05) is 42.5 Å². The molecule has 1 amide bonds. The number of carbonyl (C=O) groups excluding carboxylic acids is 1. The topological polar surface area (TPSA) is 61.7 Å². The molecule has 0 spiro atoms. The van der Waals surface area contributed by atoms with Crippen molar-refractivity contribution in [2.75, 3.05) is 6.79 Å². The first-order valence-electron chi connectivity index (χ1n) is 14.8. The van der Waals surface area contributed by atoms with Gasteiger partial charge < -0.3 is 24.1 Å². The summed E-state index contributed by atoms with van der Waals surface area (Å²) >= 11 is 0. The Morgan fingerprint density at radius 2 is 1.50 bits per heavy atom. The monoisotopic (exact) mass is 580 g/mol. The van der Waals surface area contributed by atoms with Crippen LogP contribution < -0.4 is 19.5 Å². The number of hydrogen-bond donors (Lipinski definition) is 1. The van der Waals surface area contributed by atoms with E-state index in [0.29, 0.717) is 12.3 Å². The van der Waals surface area contributed by atoms with E-state index in [9.17, 15) is 4.79 Å². The third-order valence-electron chi connectivity index (χ3n) is 7.95. The van der Waals surface area contributed by atoms with Crippen molar-refractivity contribution in [2.24, 2.45) is 0 Å². The summed E-state index contributed by atoms with van der Waals surface area (Å²) in [6, 6.07) is 42.4. The third-order valence-corrected chi connectivity index (χ3v) is 7.95. The Balaban J connectivity index is 1.21. The van der Waals surface area contributed by atoms with Gasteiger partial charge in [-0.1, -0.05) is 84.9 Å². The lowest BCUT2D eigenvalue weighted by Gasteiger charge is -2.18. The number of amides is 1. The van der Waals surface area contributed by atoms with Crippen molar-refractivity contribution >= 4 is 16.8 Å². The summed E-state index contributed by atoms with van der Waals surface area (Å²) in [7, 11) is 0. The molecule has 5 aromatic carbocycles. The van der Waals surface area contributed by atoms with Gasteiger partial charge >= 0.3 is 0 Å². The average molecular weight is 581 g/mol. The molecule has 0 saturated carbocycles. The first kappa shape index (κ1) is 27.3. The molecule has 2 heterocycles. The van der Waals surface area contributed by atoms with Gasteiger partial charge in [0.25, 0.3) is 0 Å². The fourth-order valence-corrected chi connectivity index (χ4v) is 5.80. The molecule has 0 fully saturated rings. The molecular formula is C38H32N2O4. The first-order chi connectivity index (χ1) is 21.7. The van der Waals surface area contributed by atoms with E-state index in [1.807, 2.05) is 72.8 Å². The maximum Gasteiger partial charge on any atom is 0.231 e. The Morgan fingerprint density at radius 3 is 2.36 bits per heavy atom. The third kappa shape index (κ3) is 6.01. The fraction of sp³-hybridized carbons (Fsp3) is 0.132. The van der Waals surface area contributed by atoms with Crippen LogP contribution in [-0.4, -0.2) is 17.3 Å². The highest BCUT2D eigenvalue weighted by molar-refractivity contribution is 5.87. The maximum atomic E-state index is 13.6. The minimum absolute atomic E-state index is 0.0399. The molecule has 6 aromatic rings. The molecule has 1 unspecified atom stereocenters. The smallest absolute Gasteiger partial charge is 0.231 e. The van der Waals surface area contributed by atoms with Crippen LogP contribution >= 0.6 is 0 Å². The lowest BCUT2D eigenvalue weighted by Crippen LogP contribution is -2.25. The zero-order valence-corrected chi connectivity index (χ0v) is 24.2. The van der Waals surface area contributed by atoms with E-state index in [1.165, 1.54) is 5.56 Å². The number of para-hydroxylation sites is 2. The van der Waals surface area contributed by atoms with Gasteiger partial charge in [-0.2, -0.15) is 0 Å². The van der Waals surface area contributed by atoms with Gasteiger partial charge in [0.1, 0.15) is 11.5 Å². The maximum absolute atomic E-state index is 13.6. The van der Waals surface area contributed by atoms with Crippen LogP contribution in [0.5, 0.6) is 23.0 Å². The molecule has 1 aliphatic rings. The lowest BCUT2D eigenvalue weighted by atomic mass is 9.88. The van der Waals surface area contributed by atoms with Gasteiger partial charge in [0.2, 0.25) is 12.7 Å². The van der Waals surface area contributed by atoms with Crippen LogP contribution in [0.3, 0.4) is 0 Å². The first-order valence-corrected chi connectivity index (χ1v) is 14.8. The molecule has 1 aliphatic heterocycles. The molecule has 218 valence electrons. The second kappa shape index (κ2) is 12.4. The molecule has 6 nitrogen and oxygen atoms in total. The van der Waals surface area contributed by atoms with E-state index in [1.54, 1.807) is 0 Å². The number of nitrogens with zero attached hydrogens (tertiary/aromatic N) is 1. The Kier molecular flexibility index (Phi) is 7.71. The van der Waals surface area contributed by atoms with Gasteiger partial charge in [-0.3, -0.25) is 4.79 Å². The number of aromatic nitrogens is 1. The van der Waals surface area contributed by atoms with Gasteiger partial charge in [-0.25, -0.2) is 0 Å². The van der Waals surface area contributed by atoms with Gasteiger partial charge in [0.15, 0.2) is 11.5 Å². The standard InChI is InChI=1S/C38H32N2O4/c41-38(39-23-28-18-19-36-37(20-28)43-26-42-36)22-33(29-12-9-15-31(21-29)44-30-13-5-2-6-14-30)34-25-40(24-27-10-3-1-4-11-27)35-17-8-7-16-32(34)35/h1-21,25,33H,22-24,26H2,(H,39,41). The van der Waals surface area contributed by atoms with Gasteiger partial charge in [0.05, 0.1) is 0 Å². The Labute approximate surface area is 256 Å². The van der Waals surface area contributed by atoms with E-state index in [0.717, 1.165) is 51.4 Å². The number of ether oxygens (including phenoxy) is 3. The average Bonchev–Trinajstić information content (AvgIpc) is 3.68. The lowest BCUT2D eigenvalue weighted by molar-refractivity contribution is -0.121. The Hall–Kier alpha value is -5.49. The van der Waals surface area contributed by atoms with Crippen molar-refractivity contribution in [1.82, 2.24) is 9.88 Å². The molecule has 1 aromatic heterocycles. The molecule has 44 heavy (non-hydrogen) atoms. The van der Waals surface area contributed by atoms with Crippen LogP contribution in [0.15, 0.2) is 134 Å². The van der Waals surface area contributed by atoms with Crippen LogP contribution in [0.4, 0.5) is 0 Å². The van der Waals surface area contributed by atoms with Crippen LogP contribution in [0.25, 0.3) is 10.9 Å². The second-order valence-corrected chi connectivity index (χ2v) is 10.9. The van der Waals surface area contributed by atoms with E-state index in [2.05, 4.69) is 70.7 Å². The summed E-state index contributed by atoms with van der Waals surface area (Å²) in [6.07, 6.45) is 2.48. The highest BCUT2D eigenvalue weighted by Crippen LogP contribution is 2.37. The predicted octanol–water partition coefficient (Wildman–Crippen LogP) is 8.05. The van der Waals surface area contributed by atoms with Crippen molar-refractivity contribution in [3.63, 3.8) is 0 Å². The Bertz CT molecular complexity index is 1900. The number of hydrogen-bond acceptors (Lipinski definition) is 4. The van der Waals surface area contributed by atoms with Crippen molar-refractivity contribution in [2.45, 2.75) is 25.4 Å². The van der Waals surface area contributed by atoms with Crippen LogP contribution in [0.2, 0.25) is 0 Å². The van der Waals surface area contributed by atoms with Crippen LogP contribution in [-0.2, 0) is 17.9 Å². The van der Waals surface area contributed by atoms with Crippen molar-refractivity contribution in [3.8, 4) is 23.0 Å². The van der Waals surface area contributed by atoms with E-state index in [-0.39, 0.29) is 25.0 Å². The SMILES string of the molecule is O=C(CC(c1cccc(Oc2ccccc2)c1)c1cn(Cc2ccccc2)c2ccccc12)NCc1ccc2c(c1)OCO2. The number of benzene rings is 5. The van der Waals surface area contributed by atoms with Crippen molar-refractivity contribution < 1.29 is 19.0 Å². The summed E-state index contributed by atoms with van der Waals surface area (Å²) < 4.78 is 19.4. The summed E-state index contributed by atoms with van der Waals surface area (Å²) in [5, 5.41) is 4.27. The molecule has 0 aliphatic carbocycles. The molecule has 1 atom stereocenters. The molecule has 1 N–H and O–H groups in total. The summed E-state index contributed by atoms with van der Waals surface area (Å²) in [6.45, 7) is 1.36. The highest BCUT2D eigenvalue weighted by atomic mass is 16.7. The molecule has 0 bridgehead atoms. The zero-order chi connectivity index (χ0) is 29.7. The summed E-state index contributed by atoms with van der Waals surface area (Å²) in [5.74, 6) is 2.69. The Morgan fingerprint density at radius 1 is 0.750 bits per heavy atom. The van der Waals surface area contributed by atoms with E-state index >= 15 is 0 Å². The summed E-state index contributed by atoms with van der Waals surface area (Å²) in [4.78, 5) is 13.6. The van der Waals surface area contributed by atoms with E-state index in [4.69, 9.17) is 14.2 Å². The van der Waals surface area contributed by atoms with Crippen LogP contribution in [0.1, 0.15) is 34.6 Å². The number of fused-ring (bicyclic) bond motifs is 2. The molecule has 0 radical (unpaired) electrons. The van der Waals surface area contributed by atoms with Gasteiger partial charge in [-0.15, -0.1) is 0 Å².